The predicted octanol–water partition coefficient (Wildman–Crippen LogP) is 7.01. The van der Waals surface area contributed by atoms with Crippen LogP contribution in [0, 0.1) is 0 Å². The lowest BCUT2D eigenvalue weighted by atomic mass is 10.2. The largest absolute Gasteiger partial charge is 0.441 e. The fourth-order valence-corrected chi connectivity index (χ4v) is 8.92. The molecule has 40 heavy (non-hydrogen) atoms. The first kappa shape index (κ1) is 29.2. The van der Waals surface area contributed by atoms with Gasteiger partial charge in [-0.15, -0.1) is 0 Å². The molecule has 0 spiro atoms. The van der Waals surface area contributed by atoms with Crippen LogP contribution < -0.4 is 0 Å². The molecule has 1 unspecified atom stereocenters. The second-order valence-corrected chi connectivity index (χ2v) is 12.7. The van der Waals surface area contributed by atoms with Crippen molar-refractivity contribution in [2.75, 3.05) is 0 Å². The number of carbonyl (C=O) groups excluding carboxylic acids is 1. The minimum Gasteiger partial charge on any atom is -0.441 e. The molecule has 0 fully saturated rings. The van der Waals surface area contributed by atoms with Gasteiger partial charge in [-0.3, -0.25) is 4.98 Å². The quantitative estimate of drug-likeness (QED) is 0.153. The van der Waals surface area contributed by atoms with Gasteiger partial charge in [0, 0.05) is 27.1 Å². The highest BCUT2D eigenvalue weighted by molar-refractivity contribution is 8.33. The zero-order valence-electron chi connectivity index (χ0n) is 20.2. The standard InChI is InChI=1S/C27H20F5NO5S2/c28-26(29,30)25(37-24(34)20-16-18-33-19-17-20)27(31,32)40(35,36)38-39(21-10-4-1-5-11-21,22-12-6-2-7-13-22)23-14-8-3-9-15-23/h1-19,25H. The molecule has 1 heterocycles. The smallest absolute Gasteiger partial charge is 0.432 e. The zero-order valence-corrected chi connectivity index (χ0v) is 21.9. The Morgan fingerprint density at radius 3 is 1.45 bits per heavy atom. The van der Waals surface area contributed by atoms with Gasteiger partial charge in [0.2, 0.25) is 0 Å². The molecule has 0 aliphatic heterocycles. The molecule has 4 rings (SSSR count). The van der Waals surface area contributed by atoms with Gasteiger partial charge in [0.05, 0.1) is 5.56 Å². The Hall–Kier alpha value is -3.81. The number of ether oxygens (including phenoxy) is 1. The summed E-state index contributed by atoms with van der Waals surface area (Å²) in [5, 5.41) is -5.76. The van der Waals surface area contributed by atoms with E-state index < -0.39 is 49.5 Å². The first-order valence-electron chi connectivity index (χ1n) is 11.4. The second kappa shape index (κ2) is 11.4. The number of pyridine rings is 1. The Bertz CT molecular complexity index is 1440. The van der Waals surface area contributed by atoms with Gasteiger partial charge in [-0.25, -0.2) is 8.42 Å². The first-order valence-corrected chi connectivity index (χ1v) is 14.4. The summed E-state index contributed by atoms with van der Waals surface area (Å²) in [6.07, 6.45) is -8.33. The third-order valence-corrected chi connectivity index (χ3v) is 10.7. The Morgan fingerprint density at radius 1 is 0.675 bits per heavy atom. The van der Waals surface area contributed by atoms with Gasteiger partial charge in [-0.2, -0.15) is 30.4 Å². The lowest BCUT2D eigenvalue weighted by molar-refractivity contribution is -0.247. The van der Waals surface area contributed by atoms with Crippen LogP contribution in [0.25, 0.3) is 0 Å². The molecule has 1 atom stereocenters. The predicted molar refractivity (Wildman–Crippen MR) is 136 cm³/mol. The van der Waals surface area contributed by atoms with Crippen molar-refractivity contribution in [2.24, 2.45) is 0 Å². The summed E-state index contributed by atoms with van der Waals surface area (Å²) in [6, 6.07) is 24.2. The van der Waals surface area contributed by atoms with Crippen molar-refractivity contribution >= 4 is 26.4 Å². The number of alkyl halides is 5. The van der Waals surface area contributed by atoms with Crippen molar-refractivity contribution < 1.29 is 43.5 Å². The van der Waals surface area contributed by atoms with Crippen LogP contribution >= 0.6 is 10.3 Å². The van der Waals surface area contributed by atoms with Gasteiger partial charge in [0.1, 0.15) is 0 Å². The van der Waals surface area contributed by atoms with Crippen molar-refractivity contribution in [1.29, 1.82) is 0 Å². The summed E-state index contributed by atoms with van der Waals surface area (Å²) in [7, 11) is -10.1. The molecule has 0 radical (unpaired) electrons. The molecule has 0 amide bonds. The minimum absolute atomic E-state index is 0.115. The Morgan fingerprint density at radius 2 is 1.07 bits per heavy atom. The maximum atomic E-state index is 15.6. The van der Waals surface area contributed by atoms with Crippen molar-refractivity contribution in [1.82, 2.24) is 4.98 Å². The molecule has 0 aliphatic carbocycles. The van der Waals surface area contributed by atoms with E-state index in [0.717, 1.165) is 24.5 Å². The molecule has 210 valence electrons. The number of carbonyl (C=O) groups is 1. The third kappa shape index (κ3) is 5.71. The van der Waals surface area contributed by atoms with Crippen LogP contribution in [0.3, 0.4) is 0 Å². The Balaban J connectivity index is 1.88. The van der Waals surface area contributed by atoms with E-state index in [9.17, 15) is 26.4 Å². The summed E-state index contributed by atoms with van der Waals surface area (Å²) < 4.78 is 109. The van der Waals surface area contributed by atoms with E-state index >= 15 is 8.78 Å². The number of halogens is 5. The first-order chi connectivity index (χ1) is 18.9. The Kier molecular flexibility index (Phi) is 8.28. The molecule has 3 aromatic carbocycles. The third-order valence-electron chi connectivity index (χ3n) is 5.49. The molecule has 0 saturated heterocycles. The highest BCUT2D eigenvalue weighted by atomic mass is 32.3. The lowest BCUT2D eigenvalue weighted by Crippen LogP contribution is -2.52. The van der Waals surface area contributed by atoms with Gasteiger partial charge in [0.25, 0.3) is 6.10 Å². The fourth-order valence-electron chi connectivity index (χ4n) is 3.66. The molecular weight excluding hydrogens is 577 g/mol. The summed E-state index contributed by atoms with van der Waals surface area (Å²) in [5.41, 5.74) is -0.545. The van der Waals surface area contributed by atoms with Crippen LogP contribution in [0.15, 0.2) is 130 Å². The van der Waals surface area contributed by atoms with Crippen LogP contribution in [0.5, 0.6) is 0 Å². The average molecular weight is 598 g/mol. The number of aromatic nitrogens is 1. The normalized spacial score (nSPS) is 13.8. The van der Waals surface area contributed by atoms with Crippen LogP contribution in [0.2, 0.25) is 0 Å². The second-order valence-electron chi connectivity index (χ2n) is 8.14. The maximum absolute atomic E-state index is 15.6. The summed E-state index contributed by atoms with van der Waals surface area (Å²) in [4.78, 5) is 16.2. The number of hydrogen-bond acceptors (Lipinski definition) is 6. The highest BCUT2D eigenvalue weighted by Gasteiger charge is 2.68. The maximum Gasteiger partial charge on any atom is 0.432 e. The van der Waals surface area contributed by atoms with E-state index in [0.29, 0.717) is 0 Å². The molecule has 0 aliphatic rings. The van der Waals surface area contributed by atoms with Gasteiger partial charge in [-0.1, -0.05) is 54.6 Å². The van der Waals surface area contributed by atoms with Crippen LogP contribution in [0.4, 0.5) is 22.0 Å². The molecular formula is C27H20F5NO5S2. The SMILES string of the molecule is O=C(OC(C(F)(F)F)C(F)(F)S(=O)(=O)OS(c1ccccc1)(c1ccccc1)c1ccccc1)c1ccncc1. The van der Waals surface area contributed by atoms with Crippen molar-refractivity contribution in [3.05, 3.63) is 121 Å². The topological polar surface area (TPSA) is 82.6 Å². The van der Waals surface area contributed by atoms with E-state index in [1.165, 1.54) is 72.8 Å². The molecule has 4 aromatic rings. The van der Waals surface area contributed by atoms with E-state index in [1.807, 2.05) is 0 Å². The number of nitrogens with zero attached hydrogens (tertiary/aromatic N) is 1. The minimum atomic E-state index is -6.48. The average Bonchev–Trinajstić information content (AvgIpc) is 2.95. The molecule has 0 bridgehead atoms. The Labute approximate surface area is 228 Å². The molecule has 13 heteroatoms. The van der Waals surface area contributed by atoms with E-state index in [2.05, 4.69) is 9.72 Å². The van der Waals surface area contributed by atoms with Gasteiger partial charge in [-0.05, 0) is 58.8 Å². The van der Waals surface area contributed by atoms with Crippen LogP contribution in [-0.4, -0.2) is 36.9 Å². The molecule has 1 aromatic heterocycles. The van der Waals surface area contributed by atoms with Crippen molar-refractivity contribution in [3.8, 4) is 0 Å². The zero-order chi connectivity index (χ0) is 29.0. The molecule has 6 nitrogen and oxygen atoms in total. The lowest BCUT2D eigenvalue weighted by Gasteiger charge is -2.40. The highest BCUT2D eigenvalue weighted by Crippen LogP contribution is 2.70. The molecule has 0 saturated carbocycles. The number of benzene rings is 3. The number of hydrogen-bond donors (Lipinski definition) is 0. The summed E-state index contributed by atoms with van der Waals surface area (Å²) in [5.74, 6) is -1.83. The van der Waals surface area contributed by atoms with Gasteiger partial charge >= 0.3 is 27.5 Å². The van der Waals surface area contributed by atoms with Crippen molar-refractivity contribution in [3.63, 3.8) is 0 Å². The number of rotatable bonds is 9. The van der Waals surface area contributed by atoms with E-state index in [1.54, 1.807) is 18.2 Å². The fraction of sp³-hybridized carbons (Fsp3) is 0.111. The van der Waals surface area contributed by atoms with Gasteiger partial charge in [0.15, 0.2) is 0 Å². The summed E-state index contributed by atoms with van der Waals surface area (Å²) >= 11 is 0. The van der Waals surface area contributed by atoms with E-state index in [-0.39, 0.29) is 14.7 Å². The monoisotopic (exact) mass is 597 g/mol. The van der Waals surface area contributed by atoms with Crippen LogP contribution in [0.1, 0.15) is 10.4 Å². The van der Waals surface area contributed by atoms with Gasteiger partial charge < -0.3 is 4.74 Å². The van der Waals surface area contributed by atoms with E-state index in [4.69, 9.17) is 3.63 Å². The van der Waals surface area contributed by atoms with Crippen molar-refractivity contribution in [2.45, 2.75) is 32.2 Å². The summed E-state index contributed by atoms with van der Waals surface area (Å²) in [6.45, 7) is 0. The molecule has 0 N–H and O–H groups in total. The van der Waals surface area contributed by atoms with Crippen LogP contribution in [-0.2, 0) is 18.5 Å². The number of esters is 1.